The largest absolute Gasteiger partial charge is 0.480 e. The Kier molecular flexibility index (Phi) is 12.4. The number of benzene rings is 2. The topological polar surface area (TPSA) is 189 Å². The van der Waals surface area contributed by atoms with Crippen molar-refractivity contribution in [3.05, 3.63) is 80.9 Å². The highest BCUT2D eigenvalue weighted by molar-refractivity contribution is 6.32. The van der Waals surface area contributed by atoms with Crippen LogP contribution in [0.1, 0.15) is 96.8 Å². The number of hydrogen-bond acceptors (Lipinski definition) is 12. The predicted octanol–water partition coefficient (Wildman–Crippen LogP) is 4.91. The molecule has 4 fully saturated rings. The lowest BCUT2D eigenvalue weighted by Crippen LogP contribution is -2.52. The number of nitrogens with two attached hydrogens (primary N) is 1. The van der Waals surface area contributed by atoms with Crippen LogP contribution in [-0.2, 0) is 35.2 Å². The quantitative estimate of drug-likeness (QED) is 0.120. The molecule has 0 bridgehead atoms. The van der Waals surface area contributed by atoms with Gasteiger partial charge in [-0.3, -0.25) is 29.3 Å². The first-order chi connectivity index (χ1) is 29.3. The number of fused-ring (bicyclic) bond motifs is 1. The van der Waals surface area contributed by atoms with E-state index in [2.05, 4.69) is 25.4 Å². The van der Waals surface area contributed by atoms with Crippen molar-refractivity contribution in [1.29, 1.82) is 0 Å². The Morgan fingerprint density at radius 3 is 2.49 bits per heavy atom. The molecule has 17 heteroatoms. The highest BCUT2D eigenvalue weighted by Gasteiger charge is 2.42. The number of anilines is 3. The van der Waals surface area contributed by atoms with Gasteiger partial charge in [0.1, 0.15) is 16.9 Å². The van der Waals surface area contributed by atoms with Crippen LogP contribution in [0, 0.1) is 12.7 Å². The van der Waals surface area contributed by atoms with Gasteiger partial charge < -0.3 is 35.2 Å². The Hall–Kier alpha value is -5.45. The van der Waals surface area contributed by atoms with E-state index in [9.17, 15) is 24.0 Å². The first-order valence-corrected chi connectivity index (χ1v) is 21.3. The maximum atomic E-state index is 16.0. The average Bonchev–Trinajstić information content (AvgIpc) is 3.56. The highest BCUT2D eigenvalue weighted by Crippen LogP contribution is 2.39. The minimum absolute atomic E-state index is 0.0269. The number of aryl methyl sites for hydroxylation is 1. The Morgan fingerprint density at radius 1 is 1.03 bits per heavy atom. The van der Waals surface area contributed by atoms with Gasteiger partial charge in [-0.1, -0.05) is 23.7 Å². The lowest BCUT2D eigenvalue weighted by Gasteiger charge is -2.47. The minimum Gasteiger partial charge on any atom is -0.480 e. The number of likely N-dealkylation sites (tertiary alicyclic amines) is 1. The van der Waals surface area contributed by atoms with Crippen LogP contribution in [0.2, 0.25) is 5.02 Å². The molecule has 8 rings (SSSR count). The third-order valence-corrected chi connectivity index (χ3v) is 12.9. The summed E-state index contributed by atoms with van der Waals surface area (Å²) >= 11 is 6.53. The van der Waals surface area contributed by atoms with Gasteiger partial charge in [0.15, 0.2) is 24.0 Å². The van der Waals surface area contributed by atoms with Gasteiger partial charge in [0, 0.05) is 49.3 Å². The van der Waals surface area contributed by atoms with Gasteiger partial charge in [-0.2, -0.15) is 4.98 Å². The third-order valence-electron chi connectivity index (χ3n) is 12.6. The molecule has 1 aliphatic carbocycles. The number of amides is 4. The second-order valence-corrected chi connectivity index (χ2v) is 17.1. The molecule has 4 amide bonds. The van der Waals surface area contributed by atoms with Crippen molar-refractivity contribution in [2.24, 2.45) is 5.73 Å². The molecule has 1 atom stereocenters. The van der Waals surface area contributed by atoms with E-state index in [-0.39, 0.29) is 66.7 Å². The van der Waals surface area contributed by atoms with Crippen LogP contribution in [0.4, 0.5) is 21.8 Å². The number of carbonyl (C=O) groups excluding carboxylic acids is 5. The van der Waals surface area contributed by atoms with Crippen molar-refractivity contribution in [3.63, 3.8) is 0 Å². The molecule has 0 radical (unpaired) electrons. The Bertz CT molecular complexity index is 2270. The maximum Gasteiger partial charge on any atom is 0.255 e. The molecule has 5 aliphatic rings. The summed E-state index contributed by atoms with van der Waals surface area (Å²) in [6.07, 6.45) is 9.18. The monoisotopic (exact) mass is 856 g/mol. The fraction of sp³-hybridized carbons (Fsp3) is 0.477. The normalized spacial score (nSPS) is 22.8. The molecule has 61 heavy (non-hydrogen) atoms. The van der Waals surface area contributed by atoms with E-state index in [0.717, 1.165) is 70.3 Å². The molecule has 322 valence electrons. The zero-order chi connectivity index (χ0) is 42.9. The van der Waals surface area contributed by atoms with Crippen molar-refractivity contribution in [2.45, 2.75) is 102 Å². The van der Waals surface area contributed by atoms with E-state index in [1.165, 1.54) is 11.8 Å². The number of halogens is 2. The fourth-order valence-corrected chi connectivity index (χ4v) is 9.21. The van der Waals surface area contributed by atoms with Crippen LogP contribution >= 0.6 is 11.6 Å². The Balaban J connectivity index is 0.790. The summed E-state index contributed by atoms with van der Waals surface area (Å²) in [5.74, 6) is -1.49. The van der Waals surface area contributed by atoms with Crippen LogP contribution in [0.5, 0.6) is 0 Å². The van der Waals surface area contributed by atoms with Crippen LogP contribution in [0.15, 0.2) is 42.3 Å². The second-order valence-electron chi connectivity index (χ2n) is 16.7. The lowest BCUT2D eigenvalue weighted by molar-refractivity contribution is -0.137. The molecule has 4 N–H and O–H groups in total. The average molecular weight is 857 g/mol. The van der Waals surface area contributed by atoms with E-state index in [0.29, 0.717) is 50.8 Å². The fourth-order valence-electron chi connectivity index (χ4n) is 9.07. The van der Waals surface area contributed by atoms with Gasteiger partial charge in [0.05, 0.1) is 24.9 Å². The second kappa shape index (κ2) is 17.9. The molecule has 1 aromatic heterocycles. The zero-order valence-electron chi connectivity index (χ0n) is 34.3. The molecule has 15 nitrogen and oxygen atoms in total. The molecular weight excluding hydrogens is 807 g/mol. The number of hydrogen-bond donors (Lipinski definition) is 3. The summed E-state index contributed by atoms with van der Waals surface area (Å²) in [7, 11) is 0. The molecule has 4 aliphatic heterocycles. The summed E-state index contributed by atoms with van der Waals surface area (Å²) in [5.41, 5.74) is 8.77. The molecule has 2 aromatic carbocycles. The predicted molar refractivity (Wildman–Crippen MR) is 224 cm³/mol. The molecule has 1 saturated carbocycles. The third kappa shape index (κ3) is 9.26. The van der Waals surface area contributed by atoms with E-state index >= 15 is 4.39 Å². The first kappa shape index (κ1) is 42.2. The van der Waals surface area contributed by atoms with E-state index in [1.54, 1.807) is 24.4 Å². The number of piperidine rings is 3. The molecule has 3 saturated heterocycles. The smallest absolute Gasteiger partial charge is 0.255 e. The van der Waals surface area contributed by atoms with Crippen LogP contribution in [-0.4, -0.2) is 106 Å². The highest BCUT2D eigenvalue weighted by atomic mass is 35.5. The molecular formula is C44H50ClFN8O7. The van der Waals surface area contributed by atoms with Gasteiger partial charge in [-0.25, -0.2) is 9.37 Å². The molecule has 0 unspecified atom stereocenters. The standard InChI is InChI=1S/C44H50ClFN8O7/c1-24-3-4-28(17-27(24)18-37(25(2)55)60-23-38(47)56)49-41-35(45)21-48-44(51-41)53-15-11-30(12-16-53)61-31-19-29(20-31)52-13-9-26(10-14-52)32-5-6-33-34(40(32)46)22-54(43(33)59)36-7-8-39(57)50-42(36)58/h3-6,17-18,21,26,29-31,36H,7-16,19-20,22-23H2,1-2H3,(H2,47,56)(H,48,49,51)(H,50,57,58)/b37-18+/t29?,31?,36-/m1/s1. The SMILES string of the molecule is CC(=O)/C(=C\c1cc(Nc2nc(N3CCC(OC4CC(N5CCC(c6ccc7c(c6F)CN([C@@H]6CCC(=O)NC6=O)C7=O)CC5)C4)CC3)ncc2Cl)ccc1C)OCC(N)=O. The summed E-state index contributed by atoms with van der Waals surface area (Å²) in [4.78, 5) is 75.9. The summed E-state index contributed by atoms with van der Waals surface area (Å²) < 4.78 is 27.9. The number of nitrogens with one attached hydrogen (secondary N) is 2. The number of rotatable bonds is 13. The number of primary amides is 1. The first-order valence-electron chi connectivity index (χ1n) is 21.0. The minimum atomic E-state index is -0.769. The van der Waals surface area contributed by atoms with E-state index < -0.39 is 24.5 Å². The summed E-state index contributed by atoms with van der Waals surface area (Å²) in [6, 6.07) is 8.72. The Morgan fingerprint density at radius 2 is 1.79 bits per heavy atom. The van der Waals surface area contributed by atoms with Crippen molar-refractivity contribution in [1.82, 2.24) is 25.1 Å². The number of aromatic nitrogens is 2. The maximum absolute atomic E-state index is 16.0. The van der Waals surface area contributed by atoms with Crippen molar-refractivity contribution in [3.8, 4) is 0 Å². The number of Topliss-reactive ketones (excluding diaryl/α,β-unsaturated/α-hetero) is 1. The van der Waals surface area contributed by atoms with Crippen molar-refractivity contribution in [2.75, 3.05) is 43.0 Å². The zero-order valence-corrected chi connectivity index (χ0v) is 35.0. The number of allylic oxidation sites excluding steroid dienone is 1. The van der Waals surface area contributed by atoms with Crippen LogP contribution in [0.3, 0.4) is 0 Å². The van der Waals surface area contributed by atoms with E-state index in [1.807, 2.05) is 25.1 Å². The number of nitrogens with zero attached hydrogens (tertiary/aromatic N) is 5. The number of ketones is 1. The van der Waals surface area contributed by atoms with Crippen LogP contribution in [0.25, 0.3) is 6.08 Å². The van der Waals surface area contributed by atoms with Gasteiger partial charge in [-0.05, 0) is 112 Å². The molecule has 0 spiro atoms. The van der Waals surface area contributed by atoms with Gasteiger partial charge in [-0.15, -0.1) is 0 Å². The summed E-state index contributed by atoms with van der Waals surface area (Å²) in [6.45, 7) is 6.09. The van der Waals surface area contributed by atoms with Gasteiger partial charge in [0.2, 0.25) is 17.8 Å². The summed E-state index contributed by atoms with van der Waals surface area (Å²) in [5, 5.41) is 5.93. The van der Waals surface area contributed by atoms with Gasteiger partial charge in [0.25, 0.3) is 11.8 Å². The molecule has 5 heterocycles. The van der Waals surface area contributed by atoms with Gasteiger partial charge >= 0.3 is 0 Å². The number of imide groups is 1. The van der Waals surface area contributed by atoms with Crippen molar-refractivity contribution >= 4 is 64.5 Å². The Labute approximate surface area is 358 Å². The number of ether oxygens (including phenoxy) is 2. The lowest BCUT2D eigenvalue weighted by atomic mass is 9.83. The van der Waals surface area contributed by atoms with Crippen molar-refractivity contribution < 1.29 is 37.8 Å². The van der Waals surface area contributed by atoms with E-state index in [4.69, 9.17) is 31.8 Å². The number of carbonyl (C=O) groups is 5. The molecule has 3 aromatic rings. The van der Waals surface area contributed by atoms with Crippen LogP contribution < -0.4 is 21.3 Å².